The van der Waals surface area contributed by atoms with Crippen LogP contribution in [0.1, 0.15) is 11.1 Å². The average molecular weight is 391 g/mol. The molecule has 0 aliphatic carbocycles. The number of nitrogens with zero attached hydrogens (tertiary/aromatic N) is 3. The quantitative estimate of drug-likeness (QED) is 0.491. The predicted octanol–water partition coefficient (Wildman–Crippen LogP) is 4.48. The van der Waals surface area contributed by atoms with Crippen molar-refractivity contribution in [2.45, 2.75) is 6.42 Å². The predicted molar refractivity (Wildman–Crippen MR) is 113 cm³/mol. The molecule has 6 heteroatoms. The lowest BCUT2D eigenvalue weighted by atomic mass is 10.0. The highest BCUT2D eigenvalue weighted by Crippen LogP contribution is 2.25. The van der Waals surface area contributed by atoms with Crippen LogP contribution < -0.4 is 10.5 Å². The number of nitrogen functional groups attached to an aromatic ring is 1. The van der Waals surface area contributed by atoms with Crippen molar-refractivity contribution in [3.8, 4) is 17.1 Å². The summed E-state index contributed by atoms with van der Waals surface area (Å²) >= 11 is 5.69. The third-order valence-corrected chi connectivity index (χ3v) is 4.52. The zero-order chi connectivity index (χ0) is 19.3. The van der Waals surface area contributed by atoms with E-state index in [1.807, 2.05) is 42.5 Å². The van der Waals surface area contributed by atoms with Gasteiger partial charge in [-0.3, -0.25) is 4.98 Å². The fourth-order valence-corrected chi connectivity index (χ4v) is 3.15. The van der Waals surface area contributed by atoms with E-state index in [1.165, 1.54) is 0 Å². The van der Waals surface area contributed by atoms with Crippen molar-refractivity contribution in [2.75, 3.05) is 18.2 Å². The van der Waals surface area contributed by atoms with E-state index in [0.717, 1.165) is 39.8 Å². The number of hydrogen-bond acceptors (Lipinski definition) is 5. The van der Waals surface area contributed by atoms with Gasteiger partial charge in [0.2, 0.25) is 0 Å². The first kappa shape index (κ1) is 18.2. The van der Waals surface area contributed by atoms with E-state index < -0.39 is 0 Å². The molecule has 2 heterocycles. The molecule has 0 unspecified atom stereocenters. The Morgan fingerprint density at radius 1 is 0.964 bits per heavy atom. The molecule has 0 fully saturated rings. The Labute approximate surface area is 168 Å². The summed E-state index contributed by atoms with van der Waals surface area (Å²) in [5.74, 6) is 2.33. The Balaban J connectivity index is 1.62. The van der Waals surface area contributed by atoms with Gasteiger partial charge in [0.1, 0.15) is 18.2 Å². The van der Waals surface area contributed by atoms with E-state index in [9.17, 15) is 0 Å². The SMILES string of the molecule is Nc1nc(-c2cccnc2)nc2ccc(Cc3cccc(OCCCl)c3)cc12. The number of ether oxygens (including phenoxy) is 1. The van der Waals surface area contributed by atoms with Crippen LogP contribution in [0.5, 0.6) is 5.75 Å². The summed E-state index contributed by atoms with van der Waals surface area (Å²) in [4.78, 5) is 13.2. The molecule has 4 rings (SSSR count). The van der Waals surface area contributed by atoms with E-state index in [-0.39, 0.29) is 0 Å². The number of pyridine rings is 1. The summed E-state index contributed by atoms with van der Waals surface area (Å²) in [6, 6.07) is 17.9. The topological polar surface area (TPSA) is 73.9 Å². The normalized spacial score (nSPS) is 10.9. The molecule has 0 saturated carbocycles. The van der Waals surface area contributed by atoms with E-state index in [2.05, 4.69) is 27.1 Å². The van der Waals surface area contributed by atoms with E-state index in [0.29, 0.717) is 24.1 Å². The maximum absolute atomic E-state index is 6.23. The van der Waals surface area contributed by atoms with Crippen LogP contribution in [-0.2, 0) is 6.42 Å². The maximum Gasteiger partial charge on any atom is 0.163 e. The van der Waals surface area contributed by atoms with Crippen molar-refractivity contribution in [3.05, 3.63) is 78.1 Å². The smallest absolute Gasteiger partial charge is 0.163 e. The van der Waals surface area contributed by atoms with Crippen LogP contribution in [0.2, 0.25) is 0 Å². The molecule has 28 heavy (non-hydrogen) atoms. The Bertz CT molecular complexity index is 1100. The van der Waals surface area contributed by atoms with Crippen molar-refractivity contribution < 1.29 is 4.74 Å². The van der Waals surface area contributed by atoms with E-state index in [4.69, 9.17) is 22.1 Å². The monoisotopic (exact) mass is 390 g/mol. The maximum atomic E-state index is 6.23. The second kappa shape index (κ2) is 8.23. The number of halogens is 1. The molecule has 0 spiro atoms. The van der Waals surface area contributed by atoms with Gasteiger partial charge >= 0.3 is 0 Å². The number of aromatic nitrogens is 3. The molecule has 0 amide bonds. The van der Waals surface area contributed by atoms with E-state index in [1.54, 1.807) is 12.4 Å². The van der Waals surface area contributed by atoms with Crippen LogP contribution in [0.25, 0.3) is 22.3 Å². The van der Waals surface area contributed by atoms with Gasteiger partial charge in [-0.2, -0.15) is 0 Å². The van der Waals surface area contributed by atoms with Gasteiger partial charge in [0.05, 0.1) is 11.4 Å². The van der Waals surface area contributed by atoms with Crippen molar-refractivity contribution in [2.24, 2.45) is 0 Å². The highest BCUT2D eigenvalue weighted by Gasteiger charge is 2.09. The second-order valence-corrected chi connectivity index (χ2v) is 6.77. The molecule has 0 aliphatic heterocycles. The second-order valence-electron chi connectivity index (χ2n) is 6.39. The molecular weight excluding hydrogens is 372 g/mol. The van der Waals surface area contributed by atoms with Gasteiger partial charge in [-0.15, -0.1) is 11.6 Å². The van der Waals surface area contributed by atoms with Gasteiger partial charge in [0.25, 0.3) is 0 Å². The molecule has 2 aromatic heterocycles. The summed E-state index contributed by atoms with van der Waals surface area (Å²) in [6.45, 7) is 0.494. The van der Waals surface area contributed by atoms with Crippen LogP contribution in [0, 0.1) is 0 Å². The first-order chi connectivity index (χ1) is 13.7. The molecule has 0 saturated heterocycles. The Hall–Kier alpha value is -3.18. The first-order valence-electron chi connectivity index (χ1n) is 8.97. The highest BCUT2D eigenvalue weighted by molar-refractivity contribution is 6.18. The molecule has 0 radical (unpaired) electrons. The summed E-state index contributed by atoms with van der Waals surface area (Å²) in [5, 5.41) is 0.847. The van der Waals surface area contributed by atoms with Gasteiger partial charge in [-0.1, -0.05) is 18.2 Å². The number of hydrogen-bond donors (Lipinski definition) is 1. The molecule has 0 aliphatic rings. The summed E-state index contributed by atoms with van der Waals surface area (Å²) in [7, 11) is 0. The van der Waals surface area contributed by atoms with Crippen LogP contribution in [0.3, 0.4) is 0 Å². The Morgan fingerprint density at radius 3 is 2.68 bits per heavy atom. The van der Waals surface area contributed by atoms with Crippen LogP contribution in [0.15, 0.2) is 67.0 Å². The molecule has 0 atom stereocenters. The zero-order valence-electron chi connectivity index (χ0n) is 15.2. The minimum atomic E-state index is 0.463. The largest absolute Gasteiger partial charge is 0.492 e. The molecule has 140 valence electrons. The molecular formula is C22H19ClN4O. The fraction of sp³-hybridized carbons (Fsp3) is 0.136. The lowest BCUT2D eigenvalue weighted by Gasteiger charge is -2.09. The molecule has 0 bridgehead atoms. The zero-order valence-corrected chi connectivity index (χ0v) is 15.9. The van der Waals surface area contributed by atoms with Gasteiger partial charge in [0, 0.05) is 23.3 Å². The minimum absolute atomic E-state index is 0.463. The lowest BCUT2D eigenvalue weighted by molar-refractivity contribution is 0.342. The number of alkyl halides is 1. The van der Waals surface area contributed by atoms with Crippen molar-refractivity contribution in [1.29, 1.82) is 0 Å². The minimum Gasteiger partial charge on any atom is -0.492 e. The Morgan fingerprint density at radius 2 is 1.86 bits per heavy atom. The fourth-order valence-electron chi connectivity index (χ4n) is 3.07. The molecule has 4 aromatic rings. The van der Waals surface area contributed by atoms with E-state index >= 15 is 0 Å². The number of fused-ring (bicyclic) bond motifs is 1. The summed E-state index contributed by atoms with van der Waals surface area (Å²) in [6.07, 6.45) is 4.21. The molecule has 5 nitrogen and oxygen atoms in total. The van der Waals surface area contributed by atoms with Crippen LogP contribution in [0.4, 0.5) is 5.82 Å². The molecule has 2 aromatic carbocycles. The molecule has 2 N–H and O–H groups in total. The standard InChI is InChI=1S/C22H19ClN4O/c23-8-10-28-18-5-1-3-15(12-18)11-16-6-7-20-19(13-16)21(24)27-22(26-20)17-4-2-9-25-14-17/h1-7,9,12-14H,8,10-11H2,(H2,24,26,27). The number of rotatable bonds is 6. The summed E-state index contributed by atoms with van der Waals surface area (Å²) < 4.78 is 5.60. The number of anilines is 1. The average Bonchev–Trinajstić information content (AvgIpc) is 2.73. The van der Waals surface area contributed by atoms with Gasteiger partial charge < -0.3 is 10.5 Å². The Kier molecular flexibility index (Phi) is 5.35. The van der Waals surface area contributed by atoms with Gasteiger partial charge in [-0.05, 0) is 53.9 Å². The van der Waals surface area contributed by atoms with Crippen molar-refractivity contribution >= 4 is 28.3 Å². The van der Waals surface area contributed by atoms with Crippen molar-refractivity contribution in [3.63, 3.8) is 0 Å². The third-order valence-electron chi connectivity index (χ3n) is 4.36. The first-order valence-corrected chi connectivity index (χ1v) is 9.50. The number of nitrogens with two attached hydrogens (primary N) is 1. The van der Waals surface area contributed by atoms with Gasteiger partial charge in [-0.25, -0.2) is 9.97 Å². The summed E-state index contributed by atoms with van der Waals surface area (Å²) in [5.41, 5.74) is 10.2. The lowest BCUT2D eigenvalue weighted by Crippen LogP contribution is -2.00. The van der Waals surface area contributed by atoms with Crippen molar-refractivity contribution in [1.82, 2.24) is 15.0 Å². The van der Waals surface area contributed by atoms with Crippen LogP contribution >= 0.6 is 11.6 Å². The van der Waals surface area contributed by atoms with Crippen LogP contribution in [-0.4, -0.2) is 27.4 Å². The number of benzene rings is 2. The third kappa shape index (κ3) is 4.05. The highest BCUT2D eigenvalue weighted by atomic mass is 35.5. The van der Waals surface area contributed by atoms with Gasteiger partial charge in [0.15, 0.2) is 5.82 Å².